The lowest BCUT2D eigenvalue weighted by atomic mass is 10.1. The number of thiazole rings is 1. The molecule has 18 heavy (non-hydrogen) atoms. The molecule has 1 saturated heterocycles. The largest absolute Gasteiger partial charge is 0.458 e. The van der Waals surface area contributed by atoms with Gasteiger partial charge in [-0.25, -0.2) is 9.78 Å². The number of aromatic nitrogens is 1. The maximum absolute atomic E-state index is 12.0. The molecule has 0 atom stereocenters. The Kier molecular flexibility index (Phi) is 3.96. The number of amides is 1. The van der Waals surface area contributed by atoms with E-state index in [4.69, 9.17) is 4.74 Å². The van der Waals surface area contributed by atoms with Crippen LogP contribution in [0.3, 0.4) is 0 Å². The lowest BCUT2D eigenvalue weighted by Gasteiger charge is -2.28. The quantitative estimate of drug-likeness (QED) is 0.616. The molecule has 0 radical (unpaired) electrons. The number of ether oxygens (including phenoxy) is 1. The third kappa shape index (κ3) is 2.87. The molecule has 0 bridgehead atoms. The summed E-state index contributed by atoms with van der Waals surface area (Å²) in [5, 5.41) is 0.871. The number of likely N-dealkylation sites (tertiary alicyclic amines) is 1. The van der Waals surface area contributed by atoms with E-state index in [1.807, 2.05) is 13.8 Å². The molecule has 0 aliphatic carbocycles. The number of rotatable bonds is 3. The van der Waals surface area contributed by atoms with Gasteiger partial charge in [0.15, 0.2) is 0 Å². The highest BCUT2D eigenvalue weighted by molar-refractivity contribution is 7.13. The fourth-order valence-corrected chi connectivity index (χ4v) is 2.83. The molecule has 2 heterocycles. The van der Waals surface area contributed by atoms with Crippen LogP contribution in [0.4, 0.5) is 0 Å². The number of aryl methyl sites for hydroxylation is 2. The number of piperidine rings is 1. The van der Waals surface area contributed by atoms with Gasteiger partial charge >= 0.3 is 5.97 Å². The van der Waals surface area contributed by atoms with Gasteiger partial charge in [0.05, 0.1) is 10.7 Å². The van der Waals surface area contributed by atoms with Gasteiger partial charge in [-0.05, 0) is 13.8 Å². The molecule has 6 heteroatoms. The molecule has 0 N–H and O–H groups in total. The third-order valence-corrected chi connectivity index (χ3v) is 4.04. The Morgan fingerprint density at radius 1 is 1.44 bits per heavy atom. The van der Waals surface area contributed by atoms with Gasteiger partial charge in [0.2, 0.25) is 6.41 Å². The molecule has 1 aromatic heterocycles. The summed E-state index contributed by atoms with van der Waals surface area (Å²) >= 11 is 1.36. The fraction of sp³-hybridized carbons (Fsp3) is 0.583. The van der Waals surface area contributed by atoms with Crippen molar-refractivity contribution >= 4 is 23.7 Å². The topological polar surface area (TPSA) is 59.5 Å². The smallest absolute Gasteiger partial charge is 0.350 e. The first-order chi connectivity index (χ1) is 8.60. The second-order valence-corrected chi connectivity index (χ2v) is 5.60. The van der Waals surface area contributed by atoms with Gasteiger partial charge in [0.1, 0.15) is 11.0 Å². The molecule has 5 nitrogen and oxygen atoms in total. The molecule has 0 spiro atoms. The molecule has 0 aromatic carbocycles. The average molecular weight is 268 g/mol. The van der Waals surface area contributed by atoms with Crippen LogP contribution in [0.2, 0.25) is 0 Å². The summed E-state index contributed by atoms with van der Waals surface area (Å²) in [7, 11) is 0. The molecular weight excluding hydrogens is 252 g/mol. The van der Waals surface area contributed by atoms with Gasteiger partial charge in [-0.1, -0.05) is 0 Å². The maximum atomic E-state index is 12.0. The van der Waals surface area contributed by atoms with Crippen LogP contribution in [-0.2, 0) is 9.53 Å². The van der Waals surface area contributed by atoms with E-state index in [1.54, 1.807) is 4.90 Å². The van der Waals surface area contributed by atoms with Gasteiger partial charge < -0.3 is 9.64 Å². The normalized spacial score (nSPS) is 16.7. The third-order valence-electron chi connectivity index (χ3n) is 2.99. The van der Waals surface area contributed by atoms with E-state index >= 15 is 0 Å². The molecular formula is C12H16N2O3S. The molecule has 0 unspecified atom stereocenters. The van der Waals surface area contributed by atoms with Gasteiger partial charge in [0, 0.05) is 25.9 Å². The minimum atomic E-state index is -0.289. The second kappa shape index (κ2) is 5.48. The van der Waals surface area contributed by atoms with E-state index in [9.17, 15) is 9.59 Å². The van der Waals surface area contributed by atoms with Crippen molar-refractivity contribution in [3.05, 3.63) is 15.6 Å². The van der Waals surface area contributed by atoms with Crippen LogP contribution >= 0.6 is 11.3 Å². The Labute approximate surface area is 110 Å². The van der Waals surface area contributed by atoms with E-state index in [1.165, 1.54) is 11.3 Å². The van der Waals surface area contributed by atoms with Crippen molar-refractivity contribution in [1.82, 2.24) is 9.88 Å². The maximum Gasteiger partial charge on any atom is 0.350 e. The Bertz CT molecular complexity index is 450. The van der Waals surface area contributed by atoms with Crippen LogP contribution < -0.4 is 0 Å². The zero-order valence-electron chi connectivity index (χ0n) is 10.5. The summed E-state index contributed by atoms with van der Waals surface area (Å²) in [6.07, 6.45) is 2.17. The second-order valence-electron chi connectivity index (χ2n) is 4.39. The Morgan fingerprint density at radius 3 is 2.61 bits per heavy atom. The van der Waals surface area contributed by atoms with E-state index in [0.29, 0.717) is 30.8 Å². The van der Waals surface area contributed by atoms with Gasteiger partial charge in [0.25, 0.3) is 0 Å². The van der Waals surface area contributed by atoms with Crippen molar-refractivity contribution in [3.63, 3.8) is 0 Å². The van der Waals surface area contributed by atoms with E-state index in [-0.39, 0.29) is 12.1 Å². The van der Waals surface area contributed by atoms with Crippen LogP contribution in [0.25, 0.3) is 0 Å². The fourth-order valence-electron chi connectivity index (χ4n) is 2.02. The predicted octanol–water partition coefficient (Wildman–Crippen LogP) is 1.54. The molecule has 1 aliphatic rings. The first kappa shape index (κ1) is 13.0. The molecule has 0 saturated carbocycles. The standard InChI is InChI=1S/C12H16N2O3S/c1-8-11(18-9(2)13-8)12(16)17-10-3-5-14(7-15)6-4-10/h7,10H,3-6H2,1-2H3. The van der Waals surface area contributed by atoms with Crippen molar-refractivity contribution in [2.75, 3.05) is 13.1 Å². The van der Waals surface area contributed by atoms with Crippen LogP contribution in [0.5, 0.6) is 0 Å². The van der Waals surface area contributed by atoms with Crippen LogP contribution in [0.15, 0.2) is 0 Å². The molecule has 1 amide bonds. The SMILES string of the molecule is Cc1nc(C)c(C(=O)OC2CCN(C=O)CC2)s1. The van der Waals surface area contributed by atoms with Crippen LogP contribution in [0.1, 0.15) is 33.2 Å². The predicted molar refractivity (Wildman–Crippen MR) is 67.7 cm³/mol. The van der Waals surface area contributed by atoms with Crippen molar-refractivity contribution in [3.8, 4) is 0 Å². The average Bonchev–Trinajstić information content (AvgIpc) is 2.69. The highest BCUT2D eigenvalue weighted by Crippen LogP contribution is 2.21. The van der Waals surface area contributed by atoms with Crippen molar-refractivity contribution in [2.24, 2.45) is 0 Å². The summed E-state index contributed by atoms with van der Waals surface area (Å²) in [5.41, 5.74) is 0.729. The van der Waals surface area contributed by atoms with Gasteiger partial charge in [-0.15, -0.1) is 11.3 Å². The van der Waals surface area contributed by atoms with Crippen LogP contribution in [0, 0.1) is 13.8 Å². The van der Waals surface area contributed by atoms with E-state index in [2.05, 4.69) is 4.98 Å². The van der Waals surface area contributed by atoms with Gasteiger partial charge in [-0.3, -0.25) is 4.79 Å². The first-order valence-corrected chi connectivity index (χ1v) is 6.76. The summed E-state index contributed by atoms with van der Waals surface area (Å²) in [6.45, 7) is 5.00. The first-order valence-electron chi connectivity index (χ1n) is 5.94. The number of nitrogens with zero attached hydrogens (tertiary/aromatic N) is 2. The highest BCUT2D eigenvalue weighted by atomic mass is 32.1. The number of hydrogen-bond donors (Lipinski definition) is 0. The lowest BCUT2D eigenvalue weighted by Crippen LogP contribution is -2.36. The van der Waals surface area contributed by atoms with Crippen molar-refractivity contribution < 1.29 is 14.3 Å². The monoisotopic (exact) mass is 268 g/mol. The molecule has 2 rings (SSSR count). The zero-order valence-corrected chi connectivity index (χ0v) is 11.3. The van der Waals surface area contributed by atoms with E-state index in [0.717, 1.165) is 17.1 Å². The number of esters is 1. The molecule has 1 fully saturated rings. The highest BCUT2D eigenvalue weighted by Gasteiger charge is 2.24. The number of hydrogen-bond acceptors (Lipinski definition) is 5. The van der Waals surface area contributed by atoms with Crippen molar-refractivity contribution in [2.45, 2.75) is 32.8 Å². The molecule has 1 aromatic rings. The zero-order chi connectivity index (χ0) is 13.1. The Hall–Kier alpha value is -1.43. The Morgan fingerprint density at radius 2 is 2.11 bits per heavy atom. The lowest BCUT2D eigenvalue weighted by molar-refractivity contribution is -0.120. The molecule has 1 aliphatic heterocycles. The minimum Gasteiger partial charge on any atom is -0.458 e. The number of carbonyl (C=O) groups is 2. The summed E-state index contributed by atoms with van der Waals surface area (Å²) in [6, 6.07) is 0. The minimum absolute atomic E-state index is 0.0875. The van der Waals surface area contributed by atoms with Gasteiger partial charge in [-0.2, -0.15) is 0 Å². The molecule has 98 valence electrons. The Balaban J connectivity index is 1.92. The number of carbonyl (C=O) groups excluding carboxylic acids is 2. The summed E-state index contributed by atoms with van der Waals surface area (Å²) in [5.74, 6) is -0.289. The van der Waals surface area contributed by atoms with Crippen molar-refractivity contribution in [1.29, 1.82) is 0 Å². The summed E-state index contributed by atoms with van der Waals surface area (Å²) in [4.78, 5) is 29.0. The van der Waals surface area contributed by atoms with Crippen LogP contribution in [-0.4, -0.2) is 41.5 Å². The van der Waals surface area contributed by atoms with E-state index < -0.39 is 0 Å². The summed E-state index contributed by atoms with van der Waals surface area (Å²) < 4.78 is 5.45.